The quantitative estimate of drug-likeness (QED) is 0.344. The second kappa shape index (κ2) is 11.2. The molecule has 0 unspecified atom stereocenters. The largest absolute Gasteiger partial charge is 0.573 e. The van der Waals surface area contributed by atoms with Gasteiger partial charge in [-0.25, -0.2) is 4.98 Å². The van der Waals surface area contributed by atoms with E-state index in [4.69, 9.17) is 10.2 Å². The molecule has 1 aromatic carbocycles. The van der Waals surface area contributed by atoms with E-state index in [1.165, 1.54) is 19.1 Å². The molecule has 18 heteroatoms. The van der Waals surface area contributed by atoms with Gasteiger partial charge in [-0.1, -0.05) is 18.6 Å². The highest BCUT2D eigenvalue weighted by Crippen LogP contribution is 2.44. The highest BCUT2D eigenvalue weighted by atomic mass is 19.4. The third-order valence-corrected chi connectivity index (χ3v) is 6.75. The van der Waals surface area contributed by atoms with Gasteiger partial charge in [-0.2, -0.15) is 26.3 Å². The van der Waals surface area contributed by atoms with Crippen LogP contribution in [0.25, 0.3) is 11.6 Å². The molecule has 0 aliphatic carbocycles. The van der Waals surface area contributed by atoms with Crippen LogP contribution in [-0.4, -0.2) is 50.2 Å². The number of rotatable bonds is 3. The van der Waals surface area contributed by atoms with E-state index in [2.05, 4.69) is 19.9 Å². The second-order valence-corrected chi connectivity index (χ2v) is 9.72. The molecule has 4 bridgehead atoms. The molecule has 0 spiro atoms. The zero-order chi connectivity index (χ0) is 32.0. The molecule has 4 rings (SSSR count). The highest BCUT2D eigenvalue weighted by Gasteiger charge is 2.58. The van der Waals surface area contributed by atoms with Crippen LogP contribution in [0.4, 0.5) is 45.2 Å². The third-order valence-electron chi connectivity index (χ3n) is 6.75. The van der Waals surface area contributed by atoms with Crippen molar-refractivity contribution < 1.29 is 58.6 Å². The Hall–Kier alpha value is -4.09. The number of hydrogen-bond donors (Lipinski definition) is 2. The molecular formula is C25H22F9N5O4. The van der Waals surface area contributed by atoms with Crippen molar-refractivity contribution >= 4 is 11.6 Å². The van der Waals surface area contributed by atoms with E-state index in [1.807, 2.05) is 0 Å². The van der Waals surface area contributed by atoms with E-state index in [0.29, 0.717) is 6.07 Å². The lowest BCUT2D eigenvalue weighted by Crippen LogP contribution is -2.42. The first-order valence-corrected chi connectivity index (χ1v) is 12.5. The van der Waals surface area contributed by atoms with Crippen molar-refractivity contribution in [1.29, 1.82) is 0 Å². The van der Waals surface area contributed by atoms with Crippen molar-refractivity contribution in [3.05, 3.63) is 52.5 Å². The first-order chi connectivity index (χ1) is 19.8. The lowest BCUT2D eigenvalue weighted by atomic mass is 9.95. The minimum Gasteiger partial charge on any atom is -0.416 e. The summed E-state index contributed by atoms with van der Waals surface area (Å²) in [6.07, 6.45) is -16.9. The van der Waals surface area contributed by atoms with Crippen molar-refractivity contribution in [1.82, 2.24) is 20.1 Å². The summed E-state index contributed by atoms with van der Waals surface area (Å²) >= 11 is 0. The number of halogens is 9. The van der Waals surface area contributed by atoms with Crippen molar-refractivity contribution in [3.8, 4) is 17.3 Å². The van der Waals surface area contributed by atoms with Crippen molar-refractivity contribution in [2.45, 2.75) is 63.5 Å². The fourth-order valence-corrected chi connectivity index (χ4v) is 4.47. The molecule has 2 aromatic heterocycles. The summed E-state index contributed by atoms with van der Waals surface area (Å²) in [5.41, 5.74) is -2.24. The molecule has 1 aliphatic rings. The number of carbonyl (C=O) groups is 1. The lowest BCUT2D eigenvalue weighted by molar-refractivity contribution is -0.277. The van der Waals surface area contributed by atoms with E-state index in [0.717, 1.165) is 11.0 Å². The molecule has 3 N–H and O–H groups in total. The summed E-state index contributed by atoms with van der Waals surface area (Å²) in [6, 6.07) is 3.84. The summed E-state index contributed by atoms with van der Waals surface area (Å²) in [7, 11) is 0. The summed E-state index contributed by atoms with van der Waals surface area (Å²) < 4.78 is 131. The molecule has 3 aromatic rings. The molecule has 1 atom stereocenters. The smallest absolute Gasteiger partial charge is 0.416 e. The maximum Gasteiger partial charge on any atom is 0.573 e. The van der Waals surface area contributed by atoms with Crippen molar-refractivity contribution in [3.63, 3.8) is 0 Å². The van der Waals surface area contributed by atoms with Crippen LogP contribution in [0.2, 0.25) is 0 Å². The maximum absolute atomic E-state index is 14.0. The predicted octanol–water partition coefficient (Wildman–Crippen LogP) is 5.91. The van der Waals surface area contributed by atoms with Gasteiger partial charge in [0.05, 0.1) is 11.3 Å². The van der Waals surface area contributed by atoms with Gasteiger partial charge >= 0.3 is 18.7 Å². The first-order valence-electron chi connectivity index (χ1n) is 12.5. The van der Waals surface area contributed by atoms with Crippen LogP contribution < -0.4 is 10.5 Å². The number of alkyl halides is 9. The number of nitrogen functional groups attached to an aromatic ring is 1. The zero-order valence-electron chi connectivity index (χ0n) is 22.0. The predicted molar refractivity (Wildman–Crippen MR) is 128 cm³/mol. The van der Waals surface area contributed by atoms with E-state index >= 15 is 0 Å². The maximum atomic E-state index is 14.0. The second-order valence-electron chi connectivity index (χ2n) is 9.72. The van der Waals surface area contributed by atoms with E-state index in [9.17, 15) is 49.4 Å². The molecule has 9 nitrogen and oxygen atoms in total. The standard InChI is InChI=1S/C25H22F9N5O4/c1-12-13(6-5-7-16(12)43-25(32,33)34)11-39-9-4-2-3-8-22(41,24(29,30)31)21-38-37-19(42-21)18-15(35)10-14(23(26,27)28)17(36-18)20(39)40/h5-7,10,41H,2-4,8-9,11,35H2,1H3/t22-/m1/s1. The normalized spacial score (nSPS) is 18.9. The Bertz CT molecular complexity index is 1500. The molecule has 0 radical (unpaired) electrons. The van der Waals surface area contributed by atoms with Gasteiger partial charge in [0.25, 0.3) is 17.7 Å². The fraction of sp³-hybridized carbons (Fsp3) is 0.440. The number of ether oxygens (including phenoxy) is 1. The average molecular weight is 627 g/mol. The average Bonchev–Trinajstić information content (AvgIpc) is 3.37. The Morgan fingerprint density at radius 2 is 1.74 bits per heavy atom. The number of amides is 1. The van der Waals surface area contributed by atoms with Gasteiger partial charge in [-0.15, -0.1) is 23.4 Å². The van der Waals surface area contributed by atoms with Gasteiger partial charge in [-0.3, -0.25) is 4.79 Å². The highest BCUT2D eigenvalue weighted by molar-refractivity contribution is 5.95. The number of benzene rings is 1. The van der Waals surface area contributed by atoms with Crippen LogP contribution in [-0.2, 0) is 18.3 Å². The molecule has 0 saturated heterocycles. The van der Waals surface area contributed by atoms with E-state index < -0.39 is 83.4 Å². The number of fused-ring (bicyclic) bond motifs is 5. The minimum atomic E-state index is -5.29. The fourth-order valence-electron chi connectivity index (χ4n) is 4.47. The van der Waals surface area contributed by atoms with Crippen LogP contribution in [0.3, 0.4) is 0 Å². The summed E-state index contributed by atoms with van der Waals surface area (Å²) in [5, 5.41) is 17.1. The molecule has 3 heterocycles. The lowest BCUT2D eigenvalue weighted by Gasteiger charge is -2.28. The van der Waals surface area contributed by atoms with Gasteiger partial charge < -0.3 is 24.9 Å². The first kappa shape index (κ1) is 31.8. The SMILES string of the molecule is Cc1c(CN2CCCCC[C@](O)(C(F)(F)F)c3nnc(o3)-c3nc(c(C(F)(F)F)cc3N)C2=O)cccc1OC(F)(F)F. The van der Waals surface area contributed by atoms with Crippen LogP contribution >= 0.6 is 0 Å². The molecule has 1 amide bonds. The number of nitrogens with zero attached hydrogens (tertiary/aromatic N) is 4. The number of hydrogen-bond acceptors (Lipinski definition) is 8. The van der Waals surface area contributed by atoms with Gasteiger partial charge in [0, 0.05) is 13.1 Å². The number of aromatic nitrogens is 3. The van der Waals surface area contributed by atoms with Gasteiger partial charge in [0.15, 0.2) is 5.69 Å². The van der Waals surface area contributed by atoms with Crippen LogP contribution in [0.5, 0.6) is 5.75 Å². The zero-order valence-corrected chi connectivity index (χ0v) is 22.0. The number of carbonyl (C=O) groups excluding carboxylic acids is 1. The Morgan fingerprint density at radius 1 is 1.05 bits per heavy atom. The number of nitrogens with two attached hydrogens (primary N) is 1. The monoisotopic (exact) mass is 627 g/mol. The molecule has 43 heavy (non-hydrogen) atoms. The Labute approximate surface area is 236 Å². The van der Waals surface area contributed by atoms with Crippen LogP contribution in [0.15, 0.2) is 28.7 Å². The Kier molecular flexibility index (Phi) is 8.29. The van der Waals surface area contributed by atoms with Gasteiger partial charge in [-0.05, 0) is 49.4 Å². The number of anilines is 1. The molecule has 0 fully saturated rings. The van der Waals surface area contributed by atoms with Gasteiger partial charge in [0.2, 0.25) is 5.60 Å². The molecule has 0 saturated carbocycles. The Balaban J connectivity index is 1.85. The molecule has 1 aliphatic heterocycles. The summed E-state index contributed by atoms with van der Waals surface area (Å²) in [4.78, 5) is 18.2. The topological polar surface area (TPSA) is 128 Å². The minimum absolute atomic E-state index is 0.0636. The van der Waals surface area contributed by atoms with E-state index in [-0.39, 0.29) is 36.9 Å². The Morgan fingerprint density at radius 3 is 2.37 bits per heavy atom. The van der Waals surface area contributed by atoms with Crippen LogP contribution in [0.1, 0.15) is 58.8 Å². The van der Waals surface area contributed by atoms with Crippen molar-refractivity contribution in [2.75, 3.05) is 12.3 Å². The van der Waals surface area contributed by atoms with Crippen LogP contribution in [0, 0.1) is 6.92 Å². The third kappa shape index (κ3) is 6.62. The number of aliphatic hydroxyl groups is 1. The summed E-state index contributed by atoms with van der Waals surface area (Å²) in [5.74, 6) is -4.10. The molecular weight excluding hydrogens is 605 g/mol. The summed E-state index contributed by atoms with van der Waals surface area (Å²) in [6.45, 7) is 0.386. The van der Waals surface area contributed by atoms with E-state index in [1.54, 1.807) is 0 Å². The van der Waals surface area contributed by atoms with Gasteiger partial charge in [0.1, 0.15) is 11.4 Å². The number of pyridine rings is 1. The van der Waals surface area contributed by atoms with Crippen molar-refractivity contribution in [2.24, 2.45) is 0 Å². The molecule has 234 valence electrons.